The Balaban J connectivity index is 0.958. The first-order chi connectivity index (χ1) is 59.0. The van der Waals surface area contributed by atoms with Gasteiger partial charge in [-0.3, -0.25) is 0 Å². The van der Waals surface area contributed by atoms with Gasteiger partial charge in [0.2, 0.25) is 0 Å². The number of rotatable bonds is 43. The Kier molecular flexibility index (Phi) is 33.8. The second-order valence-corrected chi connectivity index (χ2v) is 33.2. The lowest BCUT2D eigenvalue weighted by atomic mass is 9.89. The van der Waals surface area contributed by atoms with Crippen molar-refractivity contribution in [2.45, 2.75) is 209 Å². The summed E-state index contributed by atoms with van der Waals surface area (Å²) in [4.78, 5) is 0. The van der Waals surface area contributed by atoms with E-state index in [-0.39, 0.29) is 0 Å². The van der Waals surface area contributed by atoms with Gasteiger partial charge < -0.3 is 0 Å². The van der Waals surface area contributed by atoms with Crippen molar-refractivity contribution in [3.63, 3.8) is 0 Å². The molecule has 0 aliphatic rings. The van der Waals surface area contributed by atoms with E-state index in [2.05, 4.69) is 396 Å². The highest BCUT2D eigenvalue weighted by Gasteiger charge is 2.17. The second kappa shape index (κ2) is 46.2. The van der Waals surface area contributed by atoms with Crippen molar-refractivity contribution in [1.29, 1.82) is 0 Å². The minimum Gasteiger partial charge on any atom is -0.0906 e. The maximum atomic E-state index is 4.63. The van der Waals surface area contributed by atoms with E-state index in [0.29, 0.717) is 0 Å². The fraction of sp³-hybridized carbons (Fsp3) is 0.267. The summed E-state index contributed by atoms with van der Waals surface area (Å²) < 4.78 is 0. The molecule has 0 N–H and O–H groups in total. The summed E-state index contributed by atoms with van der Waals surface area (Å²) in [6, 6.07) is 111. The smallest absolute Gasteiger partial charge is 0.0111 e. The molecule has 0 atom stereocenters. The normalized spacial score (nSPS) is 12.3. The van der Waals surface area contributed by atoms with Crippen LogP contribution in [0.2, 0.25) is 0 Å². The first kappa shape index (κ1) is 87.9. The Morgan fingerprint density at radius 3 is 0.350 bits per heavy atom. The molecule has 12 aromatic carbocycles. The second-order valence-electron chi connectivity index (χ2n) is 33.2. The standard InChI is InChI=1S/C120H130/c1-11-19-27-91-35-51-99(52-36-91)89(9)101-67-71-109(72-68-101)115(103-55-39-93(40-56-103)29-21-13-3)83-85-117(105-59-43-95(44-60-105)31-23-15-5)111-75-79-113(80-76-111)119(107-63-47-97(48-64-107)33-25-17-7)87-88-120(108-65-49-98(50-66-108)34-26-18-8)114-81-77-112(78-82-114)118(106-61-45-96(46-62-106)32-24-16-6)86-84-116(104-57-41-94(42-58-104)30-22-14-4)110-73-69-102(70-74-110)90(10)100-53-37-92(38-54-100)28-20-12-2/h35-88H,9-34H2,1-8H3/b115-83+,116-84+,117-85+,118-86+,119-87+,120-88+. The molecule has 0 aliphatic carbocycles. The van der Waals surface area contributed by atoms with Crippen molar-refractivity contribution in [3.05, 3.63) is 474 Å². The number of unbranched alkanes of at least 4 members (excludes halogenated alkanes) is 8. The van der Waals surface area contributed by atoms with Crippen molar-refractivity contribution in [3.8, 4) is 0 Å². The third-order valence-corrected chi connectivity index (χ3v) is 24.1. The molecule has 0 nitrogen and oxygen atoms in total. The van der Waals surface area contributed by atoms with Gasteiger partial charge in [0, 0.05) is 0 Å². The molecule has 0 fully saturated rings. The molecule has 12 aromatic rings. The zero-order valence-electron chi connectivity index (χ0n) is 73.6. The number of hydrogen-bond donors (Lipinski definition) is 0. The molecule has 0 saturated carbocycles. The van der Waals surface area contributed by atoms with Crippen molar-refractivity contribution in [2.75, 3.05) is 0 Å². The molecule has 120 heavy (non-hydrogen) atoms. The van der Waals surface area contributed by atoms with Crippen LogP contribution in [0.15, 0.2) is 341 Å². The molecule has 0 radical (unpaired) electrons. The monoisotopic (exact) mass is 1570 g/mol. The van der Waals surface area contributed by atoms with Crippen molar-refractivity contribution in [1.82, 2.24) is 0 Å². The maximum absolute atomic E-state index is 4.63. The molecule has 610 valence electrons. The van der Waals surface area contributed by atoms with Crippen LogP contribution in [-0.2, 0) is 51.4 Å². The van der Waals surface area contributed by atoms with Gasteiger partial charge in [0.1, 0.15) is 0 Å². The van der Waals surface area contributed by atoms with Crippen LogP contribution in [-0.4, -0.2) is 0 Å². The highest BCUT2D eigenvalue weighted by atomic mass is 14.2. The molecule has 0 heterocycles. The largest absolute Gasteiger partial charge is 0.0906 e. The molecule has 0 bridgehead atoms. The SMILES string of the molecule is C=C(c1ccc(CCCC)cc1)c1ccc(/C(=C/C=C(\c2ccc(CCCC)cc2)c2ccc(/C(=C/C=C(\c3ccc(CCCC)cc3)c3ccc(/C(=C/C=C(\c4ccc(CCCC)cc4)c4ccc(C(=C)c5ccc(CCCC)cc5)cc4)c4ccc(CCCC)cc4)cc3)c3ccc(CCCC)cc3)cc2)c2ccc(CCCC)cc2)cc1. The third-order valence-electron chi connectivity index (χ3n) is 24.1. The Hall–Kier alpha value is -11.4. The van der Waals surface area contributed by atoms with E-state index >= 15 is 0 Å². The van der Waals surface area contributed by atoms with Gasteiger partial charge in [0.05, 0.1) is 0 Å². The summed E-state index contributed by atoms with van der Waals surface area (Å²) in [6.45, 7) is 27.5. The molecule has 12 rings (SSSR count). The minimum absolute atomic E-state index is 1.04. The van der Waals surface area contributed by atoms with Gasteiger partial charge >= 0.3 is 0 Å². The topological polar surface area (TPSA) is 0 Å². The fourth-order valence-electron chi connectivity index (χ4n) is 16.2. The van der Waals surface area contributed by atoms with Gasteiger partial charge in [-0.05, 0) is 281 Å². The highest BCUT2D eigenvalue weighted by molar-refractivity contribution is 5.92. The number of aryl methyl sites for hydroxylation is 8. The molecule has 0 unspecified atom stereocenters. The third kappa shape index (κ3) is 24.6. The number of allylic oxidation sites excluding steroid dienone is 6. The van der Waals surface area contributed by atoms with E-state index in [1.165, 1.54) is 176 Å². The van der Waals surface area contributed by atoms with Crippen molar-refractivity contribution >= 4 is 44.6 Å². The van der Waals surface area contributed by atoms with Crippen molar-refractivity contribution < 1.29 is 0 Å². The van der Waals surface area contributed by atoms with Crippen molar-refractivity contribution in [2.24, 2.45) is 0 Å². The predicted molar refractivity (Wildman–Crippen MR) is 525 cm³/mol. The zero-order valence-corrected chi connectivity index (χ0v) is 73.6. The molecule has 0 heteroatoms. The average molecular weight is 1570 g/mol. The van der Waals surface area contributed by atoms with E-state index in [9.17, 15) is 0 Å². The van der Waals surface area contributed by atoms with E-state index in [1.807, 2.05) is 0 Å². The molecule has 0 aromatic heterocycles. The lowest BCUT2D eigenvalue weighted by Gasteiger charge is -2.15. The van der Waals surface area contributed by atoms with Crippen LogP contribution < -0.4 is 0 Å². The predicted octanol–water partition coefficient (Wildman–Crippen LogP) is 33.2. The van der Waals surface area contributed by atoms with Crippen LogP contribution in [0.4, 0.5) is 0 Å². The molecule has 0 aliphatic heterocycles. The van der Waals surface area contributed by atoms with Crippen LogP contribution in [0.25, 0.3) is 44.6 Å². The summed E-state index contributed by atoms with van der Waals surface area (Å²) in [7, 11) is 0. The Bertz CT molecular complexity index is 5030. The summed E-state index contributed by atoms with van der Waals surface area (Å²) in [5, 5.41) is 0. The first-order valence-corrected chi connectivity index (χ1v) is 45.8. The van der Waals surface area contributed by atoms with Crippen LogP contribution in [0.3, 0.4) is 0 Å². The van der Waals surface area contributed by atoms with Gasteiger partial charge in [-0.2, -0.15) is 0 Å². The van der Waals surface area contributed by atoms with E-state index in [1.54, 1.807) is 0 Å². The van der Waals surface area contributed by atoms with Crippen LogP contribution >= 0.6 is 0 Å². The van der Waals surface area contributed by atoms with Crippen LogP contribution in [0, 0.1) is 0 Å². The number of hydrogen-bond acceptors (Lipinski definition) is 0. The van der Waals surface area contributed by atoms with Crippen LogP contribution in [0.1, 0.15) is 292 Å². The molecular weight excluding hydrogens is 1440 g/mol. The Morgan fingerprint density at radius 1 is 0.150 bits per heavy atom. The highest BCUT2D eigenvalue weighted by Crippen LogP contribution is 2.38. The first-order valence-electron chi connectivity index (χ1n) is 45.8. The van der Waals surface area contributed by atoms with Gasteiger partial charge in [0.25, 0.3) is 0 Å². The molecule has 0 amide bonds. The summed E-state index contributed by atoms with van der Waals surface area (Å²) >= 11 is 0. The van der Waals surface area contributed by atoms with Crippen LogP contribution in [0.5, 0.6) is 0 Å². The fourth-order valence-corrected chi connectivity index (χ4v) is 16.2. The molecule has 0 spiro atoms. The average Bonchev–Trinajstić information content (AvgIpc) is 0.904. The maximum Gasteiger partial charge on any atom is -0.0111 e. The van der Waals surface area contributed by atoms with E-state index < -0.39 is 0 Å². The molecular formula is C120H130. The van der Waals surface area contributed by atoms with Gasteiger partial charge in [-0.25, -0.2) is 0 Å². The van der Waals surface area contributed by atoms with Gasteiger partial charge in [0.15, 0.2) is 0 Å². The minimum atomic E-state index is 1.04. The molecule has 0 saturated heterocycles. The van der Waals surface area contributed by atoms with Gasteiger partial charge in [-0.1, -0.05) is 448 Å². The van der Waals surface area contributed by atoms with Gasteiger partial charge in [-0.15, -0.1) is 0 Å². The Labute approximate surface area is 723 Å². The summed E-state index contributed by atoms with van der Waals surface area (Å²) in [6.07, 6.45) is 41.7. The summed E-state index contributed by atoms with van der Waals surface area (Å²) in [5.41, 5.74) is 38.8. The van der Waals surface area contributed by atoms with E-state index in [0.717, 1.165) is 157 Å². The zero-order chi connectivity index (χ0) is 83.6. The number of benzene rings is 12. The van der Waals surface area contributed by atoms with E-state index in [4.69, 9.17) is 0 Å². The Morgan fingerprint density at radius 2 is 0.242 bits per heavy atom. The quantitative estimate of drug-likeness (QED) is 0.0334. The summed E-state index contributed by atoms with van der Waals surface area (Å²) in [5.74, 6) is 0. The lowest BCUT2D eigenvalue weighted by molar-refractivity contribution is 0.795. The lowest BCUT2D eigenvalue weighted by Crippen LogP contribution is -1.95.